The monoisotopic (exact) mass is 341 g/mol. The van der Waals surface area contributed by atoms with Crippen molar-refractivity contribution < 1.29 is 19.5 Å². The average molecular weight is 341 g/mol. The maximum absolute atomic E-state index is 12.8. The molecule has 0 atom stereocenters. The summed E-state index contributed by atoms with van der Waals surface area (Å²) in [5, 5.41) is 8.73. The lowest BCUT2D eigenvalue weighted by Crippen LogP contribution is -2.41. The Hall–Kier alpha value is -3.06. The van der Waals surface area contributed by atoms with Gasteiger partial charge in [0.1, 0.15) is 12.4 Å². The second kappa shape index (κ2) is 7.23. The number of urea groups is 1. The first-order valence-corrected chi connectivity index (χ1v) is 7.88. The predicted molar refractivity (Wildman–Crippen MR) is 91.8 cm³/mol. The first-order chi connectivity index (χ1) is 12.1. The summed E-state index contributed by atoms with van der Waals surface area (Å²) in [6.45, 7) is 1.14. The molecule has 0 radical (unpaired) electrons. The van der Waals surface area contributed by atoms with Gasteiger partial charge in [0.15, 0.2) is 0 Å². The minimum Gasteiger partial charge on any atom is -0.491 e. The first kappa shape index (κ1) is 16.8. The molecule has 0 saturated heterocycles. The fraction of sp³-hybridized carbons (Fsp3) is 0.222. The fourth-order valence-corrected chi connectivity index (χ4v) is 2.71. The summed E-state index contributed by atoms with van der Waals surface area (Å²) < 4.78 is 5.68. The third kappa shape index (κ3) is 3.56. The van der Waals surface area contributed by atoms with Gasteiger partial charge in [0.2, 0.25) is 0 Å². The van der Waals surface area contributed by atoms with Crippen LogP contribution in [0, 0.1) is 0 Å². The van der Waals surface area contributed by atoms with E-state index in [2.05, 4.69) is 0 Å². The molecule has 7 nitrogen and oxygen atoms in total. The Labute approximate surface area is 145 Å². The SMILES string of the molecule is CN(C(=O)N1CCOc2cc(C(=O)NO)ccc2C1)c1ccccc1. The van der Waals surface area contributed by atoms with Crippen molar-refractivity contribution in [2.45, 2.75) is 6.54 Å². The van der Waals surface area contributed by atoms with Crippen LogP contribution in [0.5, 0.6) is 5.75 Å². The van der Waals surface area contributed by atoms with Crippen molar-refractivity contribution in [3.8, 4) is 5.75 Å². The summed E-state index contributed by atoms with van der Waals surface area (Å²) in [4.78, 5) is 27.6. The van der Waals surface area contributed by atoms with Crippen molar-refractivity contribution in [3.63, 3.8) is 0 Å². The number of amides is 3. The number of nitrogens with one attached hydrogen (secondary N) is 1. The van der Waals surface area contributed by atoms with E-state index in [1.807, 2.05) is 30.3 Å². The van der Waals surface area contributed by atoms with Gasteiger partial charge in [-0.15, -0.1) is 0 Å². The van der Waals surface area contributed by atoms with E-state index in [0.717, 1.165) is 11.3 Å². The van der Waals surface area contributed by atoms with Crippen LogP contribution in [0.15, 0.2) is 48.5 Å². The lowest BCUT2D eigenvalue weighted by Gasteiger charge is -2.26. The number of para-hydroxylation sites is 1. The zero-order valence-corrected chi connectivity index (χ0v) is 13.8. The van der Waals surface area contributed by atoms with Crippen molar-refractivity contribution in [2.75, 3.05) is 25.1 Å². The topological polar surface area (TPSA) is 82.1 Å². The summed E-state index contributed by atoms with van der Waals surface area (Å²) in [6, 6.07) is 14.2. The van der Waals surface area contributed by atoms with Crippen LogP contribution in [0.1, 0.15) is 15.9 Å². The number of hydrogen-bond donors (Lipinski definition) is 2. The number of hydroxylamine groups is 1. The molecule has 0 saturated carbocycles. The number of carbonyl (C=O) groups is 2. The van der Waals surface area contributed by atoms with Crippen molar-refractivity contribution >= 4 is 17.6 Å². The Morgan fingerprint density at radius 3 is 2.68 bits per heavy atom. The van der Waals surface area contributed by atoms with Gasteiger partial charge in [0.05, 0.1) is 13.1 Å². The van der Waals surface area contributed by atoms with Crippen LogP contribution in [0.4, 0.5) is 10.5 Å². The molecular formula is C18H19N3O4. The van der Waals surface area contributed by atoms with Crippen LogP contribution >= 0.6 is 0 Å². The lowest BCUT2D eigenvalue weighted by atomic mass is 10.1. The molecule has 1 aliphatic rings. The van der Waals surface area contributed by atoms with Crippen LogP contribution in [-0.4, -0.2) is 42.2 Å². The molecule has 130 valence electrons. The van der Waals surface area contributed by atoms with Gasteiger partial charge in [-0.2, -0.15) is 0 Å². The van der Waals surface area contributed by atoms with E-state index in [1.54, 1.807) is 40.5 Å². The van der Waals surface area contributed by atoms with Gasteiger partial charge in [-0.3, -0.25) is 14.9 Å². The van der Waals surface area contributed by atoms with E-state index < -0.39 is 5.91 Å². The quantitative estimate of drug-likeness (QED) is 0.648. The molecule has 0 fully saturated rings. The molecule has 0 unspecified atom stereocenters. The highest BCUT2D eigenvalue weighted by Gasteiger charge is 2.24. The standard InChI is InChI=1S/C18H19N3O4/c1-20(15-5-3-2-4-6-15)18(23)21-9-10-25-16-11-13(17(22)19-24)7-8-14(16)12-21/h2-8,11,24H,9-10,12H2,1H3,(H,19,22). The zero-order chi connectivity index (χ0) is 17.8. The molecule has 2 aromatic carbocycles. The highest BCUT2D eigenvalue weighted by Crippen LogP contribution is 2.25. The lowest BCUT2D eigenvalue weighted by molar-refractivity contribution is 0.0706. The number of rotatable bonds is 2. The zero-order valence-electron chi connectivity index (χ0n) is 13.8. The molecule has 0 bridgehead atoms. The summed E-state index contributed by atoms with van der Waals surface area (Å²) in [7, 11) is 1.74. The van der Waals surface area contributed by atoms with Gasteiger partial charge in [-0.25, -0.2) is 10.3 Å². The van der Waals surface area contributed by atoms with Crippen LogP contribution in [-0.2, 0) is 6.54 Å². The van der Waals surface area contributed by atoms with Gasteiger partial charge in [-0.1, -0.05) is 24.3 Å². The number of hydrogen-bond acceptors (Lipinski definition) is 4. The molecule has 0 aliphatic carbocycles. The molecule has 3 rings (SSSR count). The normalized spacial score (nSPS) is 13.3. The summed E-state index contributed by atoms with van der Waals surface area (Å²) in [5.74, 6) is -0.0637. The van der Waals surface area contributed by atoms with E-state index in [0.29, 0.717) is 31.0 Å². The predicted octanol–water partition coefficient (Wildman–Crippen LogP) is 2.26. The van der Waals surface area contributed by atoms with Crippen LogP contribution in [0.2, 0.25) is 0 Å². The molecule has 0 aromatic heterocycles. The van der Waals surface area contributed by atoms with E-state index in [4.69, 9.17) is 9.94 Å². The summed E-state index contributed by atoms with van der Waals surface area (Å²) in [5.41, 5.74) is 3.51. The Balaban J connectivity index is 1.79. The smallest absolute Gasteiger partial charge is 0.324 e. The third-order valence-electron chi connectivity index (χ3n) is 4.11. The number of carbonyl (C=O) groups excluding carboxylic acids is 2. The minimum atomic E-state index is -0.604. The largest absolute Gasteiger partial charge is 0.491 e. The number of nitrogens with zero attached hydrogens (tertiary/aromatic N) is 2. The van der Waals surface area contributed by atoms with E-state index in [1.165, 1.54) is 0 Å². The highest BCUT2D eigenvalue weighted by molar-refractivity contribution is 5.94. The van der Waals surface area contributed by atoms with E-state index in [9.17, 15) is 9.59 Å². The van der Waals surface area contributed by atoms with Crippen molar-refractivity contribution in [1.82, 2.24) is 10.4 Å². The molecule has 2 aromatic rings. The van der Waals surface area contributed by atoms with Crippen LogP contribution < -0.4 is 15.1 Å². The molecule has 1 heterocycles. The highest BCUT2D eigenvalue weighted by atomic mass is 16.5. The summed E-state index contributed by atoms with van der Waals surface area (Å²) in [6.07, 6.45) is 0. The van der Waals surface area contributed by atoms with Gasteiger partial charge >= 0.3 is 6.03 Å². The van der Waals surface area contributed by atoms with Crippen LogP contribution in [0.3, 0.4) is 0 Å². The third-order valence-corrected chi connectivity index (χ3v) is 4.11. The van der Waals surface area contributed by atoms with Gasteiger partial charge in [0, 0.05) is 23.9 Å². The second-order valence-corrected chi connectivity index (χ2v) is 5.71. The van der Waals surface area contributed by atoms with Gasteiger partial charge in [-0.05, 0) is 24.3 Å². The molecule has 25 heavy (non-hydrogen) atoms. The Kier molecular flexibility index (Phi) is 4.85. The Morgan fingerprint density at radius 2 is 1.96 bits per heavy atom. The molecule has 3 amide bonds. The molecule has 7 heteroatoms. The van der Waals surface area contributed by atoms with E-state index in [-0.39, 0.29) is 6.03 Å². The number of fused-ring (bicyclic) bond motifs is 1. The maximum Gasteiger partial charge on any atom is 0.324 e. The Bertz CT molecular complexity index is 779. The van der Waals surface area contributed by atoms with Crippen LogP contribution in [0.25, 0.3) is 0 Å². The maximum atomic E-state index is 12.8. The van der Waals surface area contributed by atoms with E-state index >= 15 is 0 Å². The molecule has 1 aliphatic heterocycles. The van der Waals surface area contributed by atoms with Crippen molar-refractivity contribution in [1.29, 1.82) is 0 Å². The van der Waals surface area contributed by atoms with Gasteiger partial charge in [0.25, 0.3) is 5.91 Å². The minimum absolute atomic E-state index is 0.125. The van der Waals surface area contributed by atoms with Crippen molar-refractivity contribution in [2.24, 2.45) is 0 Å². The number of anilines is 1. The number of benzene rings is 2. The molecule has 0 spiro atoms. The first-order valence-electron chi connectivity index (χ1n) is 7.88. The number of ether oxygens (including phenoxy) is 1. The summed E-state index contributed by atoms with van der Waals surface area (Å²) >= 11 is 0. The fourth-order valence-electron chi connectivity index (χ4n) is 2.71. The molecular weight excluding hydrogens is 322 g/mol. The second-order valence-electron chi connectivity index (χ2n) is 5.71. The average Bonchev–Trinajstić information content (AvgIpc) is 2.88. The van der Waals surface area contributed by atoms with Gasteiger partial charge < -0.3 is 9.64 Å². The Morgan fingerprint density at radius 1 is 1.20 bits per heavy atom. The van der Waals surface area contributed by atoms with Crippen molar-refractivity contribution in [3.05, 3.63) is 59.7 Å². The molecule has 2 N–H and O–H groups in total.